The molecule has 4 rings (SSSR count). The Morgan fingerprint density at radius 3 is 1.56 bits per heavy atom. The van der Waals surface area contributed by atoms with Gasteiger partial charge in [0.1, 0.15) is 0 Å². The SMILES string of the molecule is c1ccc(CCC(c2ccccc2)c2ccc(-c3ccccc3)cc2)cc1. The summed E-state index contributed by atoms with van der Waals surface area (Å²) in [4.78, 5) is 0. The molecule has 0 aliphatic rings. The smallest absolute Gasteiger partial charge is 0.00925 e. The van der Waals surface area contributed by atoms with Gasteiger partial charge >= 0.3 is 0 Å². The molecule has 0 nitrogen and oxygen atoms in total. The summed E-state index contributed by atoms with van der Waals surface area (Å²) < 4.78 is 0. The van der Waals surface area contributed by atoms with Gasteiger partial charge in [0, 0.05) is 5.92 Å². The molecule has 4 aromatic carbocycles. The van der Waals surface area contributed by atoms with Gasteiger partial charge in [-0.2, -0.15) is 0 Å². The van der Waals surface area contributed by atoms with Crippen molar-refractivity contribution in [1.29, 1.82) is 0 Å². The second kappa shape index (κ2) is 8.51. The number of aryl methyl sites for hydroxylation is 1. The Bertz CT molecular complexity index is 939. The summed E-state index contributed by atoms with van der Waals surface area (Å²) >= 11 is 0. The van der Waals surface area contributed by atoms with Gasteiger partial charge in [0.05, 0.1) is 0 Å². The maximum absolute atomic E-state index is 2.30. The highest BCUT2D eigenvalue weighted by Gasteiger charge is 2.14. The molecule has 0 aromatic heterocycles. The average molecular weight is 348 g/mol. The third kappa shape index (κ3) is 4.35. The second-order valence-corrected chi connectivity index (χ2v) is 6.98. The maximum Gasteiger partial charge on any atom is 0.00925 e. The lowest BCUT2D eigenvalue weighted by Crippen LogP contribution is -2.03. The van der Waals surface area contributed by atoms with Crippen molar-refractivity contribution >= 4 is 0 Å². The zero-order valence-electron chi connectivity index (χ0n) is 15.5. The first-order chi connectivity index (χ1) is 13.4. The molecule has 132 valence electrons. The van der Waals surface area contributed by atoms with E-state index in [1.165, 1.54) is 27.8 Å². The Labute approximate surface area is 162 Å². The molecule has 0 N–H and O–H groups in total. The van der Waals surface area contributed by atoms with E-state index in [4.69, 9.17) is 0 Å². The van der Waals surface area contributed by atoms with Gasteiger partial charge in [0.25, 0.3) is 0 Å². The average Bonchev–Trinajstić information content (AvgIpc) is 2.76. The predicted octanol–water partition coefficient (Wildman–Crippen LogP) is 7.12. The summed E-state index contributed by atoms with van der Waals surface area (Å²) in [5.41, 5.74) is 6.72. The molecule has 0 spiro atoms. The van der Waals surface area contributed by atoms with Crippen LogP contribution in [0.25, 0.3) is 11.1 Å². The quantitative estimate of drug-likeness (QED) is 0.348. The summed E-state index contributed by atoms with van der Waals surface area (Å²) in [5, 5.41) is 0. The Morgan fingerprint density at radius 1 is 0.444 bits per heavy atom. The normalized spacial score (nSPS) is 11.9. The predicted molar refractivity (Wildman–Crippen MR) is 115 cm³/mol. The van der Waals surface area contributed by atoms with Crippen molar-refractivity contribution in [2.24, 2.45) is 0 Å². The minimum Gasteiger partial charge on any atom is -0.0622 e. The van der Waals surface area contributed by atoms with Gasteiger partial charge in [-0.25, -0.2) is 0 Å². The van der Waals surface area contributed by atoms with Gasteiger partial charge < -0.3 is 0 Å². The first-order valence-electron chi connectivity index (χ1n) is 9.64. The van der Waals surface area contributed by atoms with Crippen LogP contribution in [0.2, 0.25) is 0 Å². The topological polar surface area (TPSA) is 0 Å². The lowest BCUT2D eigenvalue weighted by molar-refractivity contribution is 0.715. The molecule has 0 amide bonds. The second-order valence-electron chi connectivity index (χ2n) is 6.98. The van der Waals surface area contributed by atoms with Crippen LogP contribution in [0.5, 0.6) is 0 Å². The van der Waals surface area contributed by atoms with E-state index in [0.29, 0.717) is 5.92 Å². The van der Waals surface area contributed by atoms with E-state index in [1.54, 1.807) is 0 Å². The van der Waals surface area contributed by atoms with E-state index in [1.807, 2.05) is 0 Å². The van der Waals surface area contributed by atoms with Gasteiger partial charge in [-0.05, 0) is 40.7 Å². The van der Waals surface area contributed by atoms with Crippen LogP contribution in [0.15, 0.2) is 115 Å². The Balaban J connectivity index is 1.60. The fourth-order valence-electron chi connectivity index (χ4n) is 3.71. The Hall–Kier alpha value is -3.12. The molecule has 0 radical (unpaired) electrons. The molecule has 0 heterocycles. The summed E-state index contributed by atoms with van der Waals surface area (Å²) in [6.45, 7) is 0. The Kier molecular flexibility index (Phi) is 5.45. The van der Waals surface area contributed by atoms with Crippen LogP contribution in [0.4, 0.5) is 0 Å². The maximum atomic E-state index is 2.30. The van der Waals surface area contributed by atoms with Gasteiger partial charge in [-0.3, -0.25) is 0 Å². The van der Waals surface area contributed by atoms with E-state index in [-0.39, 0.29) is 0 Å². The number of rotatable bonds is 6. The highest BCUT2D eigenvalue weighted by molar-refractivity contribution is 5.63. The summed E-state index contributed by atoms with van der Waals surface area (Å²) in [6.07, 6.45) is 2.19. The van der Waals surface area contributed by atoms with Crippen LogP contribution in [-0.2, 0) is 6.42 Å². The zero-order valence-corrected chi connectivity index (χ0v) is 15.5. The van der Waals surface area contributed by atoms with E-state index >= 15 is 0 Å². The van der Waals surface area contributed by atoms with Gasteiger partial charge in [0.2, 0.25) is 0 Å². The van der Waals surface area contributed by atoms with Crippen LogP contribution in [-0.4, -0.2) is 0 Å². The van der Waals surface area contributed by atoms with Crippen molar-refractivity contribution in [3.05, 3.63) is 132 Å². The molecule has 1 unspecified atom stereocenters. The first kappa shape index (κ1) is 17.3. The van der Waals surface area contributed by atoms with Crippen LogP contribution in [0.1, 0.15) is 29.0 Å². The van der Waals surface area contributed by atoms with Crippen LogP contribution < -0.4 is 0 Å². The van der Waals surface area contributed by atoms with Crippen molar-refractivity contribution in [2.45, 2.75) is 18.8 Å². The highest BCUT2D eigenvalue weighted by Crippen LogP contribution is 2.31. The lowest BCUT2D eigenvalue weighted by atomic mass is 9.85. The molecule has 0 saturated carbocycles. The molecule has 0 heteroatoms. The zero-order chi connectivity index (χ0) is 18.3. The van der Waals surface area contributed by atoms with Crippen molar-refractivity contribution < 1.29 is 0 Å². The molecular formula is C27H24. The number of hydrogen-bond donors (Lipinski definition) is 0. The van der Waals surface area contributed by atoms with Crippen molar-refractivity contribution in [3.63, 3.8) is 0 Å². The number of hydrogen-bond acceptors (Lipinski definition) is 0. The van der Waals surface area contributed by atoms with Crippen LogP contribution in [0, 0.1) is 0 Å². The summed E-state index contributed by atoms with van der Waals surface area (Å²) in [6, 6.07) is 41.3. The molecular weight excluding hydrogens is 324 g/mol. The third-order valence-electron chi connectivity index (χ3n) is 5.19. The fourth-order valence-corrected chi connectivity index (χ4v) is 3.71. The molecule has 0 bridgehead atoms. The van der Waals surface area contributed by atoms with Crippen molar-refractivity contribution in [2.75, 3.05) is 0 Å². The molecule has 0 fully saturated rings. The van der Waals surface area contributed by atoms with Crippen LogP contribution >= 0.6 is 0 Å². The first-order valence-corrected chi connectivity index (χ1v) is 9.64. The van der Waals surface area contributed by atoms with Gasteiger partial charge in [-0.15, -0.1) is 0 Å². The minimum atomic E-state index is 0.413. The van der Waals surface area contributed by atoms with E-state index in [2.05, 4.69) is 115 Å². The molecule has 0 saturated heterocycles. The molecule has 0 aliphatic heterocycles. The third-order valence-corrected chi connectivity index (χ3v) is 5.19. The summed E-state index contributed by atoms with van der Waals surface area (Å²) in [5.74, 6) is 0.413. The van der Waals surface area contributed by atoms with E-state index < -0.39 is 0 Å². The lowest BCUT2D eigenvalue weighted by Gasteiger charge is -2.19. The molecule has 27 heavy (non-hydrogen) atoms. The molecule has 4 aromatic rings. The molecule has 1 atom stereocenters. The fraction of sp³-hybridized carbons (Fsp3) is 0.111. The Morgan fingerprint density at radius 2 is 0.926 bits per heavy atom. The largest absolute Gasteiger partial charge is 0.0622 e. The highest BCUT2D eigenvalue weighted by atomic mass is 14.2. The number of benzene rings is 4. The minimum absolute atomic E-state index is 0.413. The van der Waals surface area contributed by atoms with Gasteiger partial charge in [-0.1, -0.05) is 115 Å². The summed E-state index contributed by atoms with van der Waals surface area (Å²) in [7, 11) is 0. The standard InChI is InChI=1S/C27H24/c1-4-10-22(11-5-1)16-21-27(25-14-8-3-9-15-25)26-19-17-24(18-20-26)23-12-6-2-7-13-23/h1-15,17-20,27H,16,21H2. The van der Waals surface area contributed by atoms with Crippen LogP contribution in [0.3, 0.4) is 0 Å². The van der Waals surface area contributed by atoms with E-state index in [9.17, 15) is 0 Å². The monoisotopic (exact) mass is 348 g/mol. The van der Waals surface area contributed by atoms with Gasteiger partial charge in [0.15, 0.2) is 0 Å². The van der Waals surface area contributed by atoms with E-state index in [0.717, 1.165) is 12.8 Å². The molecule has 0 aliphatic carbocycles. The van der Waals surface area contributed by atoms with Crippen molar-refractivity contribution in [1.82, 2.24) is 0 Å². The van der Waals surface area contributed by atoms with Crippen molar-refractivity contribution in [3.8, 4) is 11.1 Å².